The zero-order valence-corrected chi connectivity index (χ0v) is 17.3. The second-order valence-electron chi connectivity index (χ2n) is 6.01. The van der Waals surface area contributed by atoms with Crippen molar-refractivity contribution in [2.24, 2.45) is 0 Å². The summed E-state index contributed by atoms with van der Waals surface area (Å²) in [5, 5.41) is 0. The number of hydrogen-bond donors (Lipinski definition) is 0. The lowest BCUT2D eigenvalue weighted by atomic mass is 10.2. The van der Waals surface area contributed by atoms with Gasteiger partial charge in [0.15, 0.2) is 0 Å². The zero-order valence-electron chi connectivity index (χ0n) is 14.9. The highest BCUT2D eigenvalue weighted by Gasteiger charge is 2.28. The summed E-state index contributed by atoms with van der Waals surface area (Å²) in [4.78, 5) is 4.21. The molecular weight excluding hydrogens is 421 g/mol. The molecule has 0 unspecified atom stereocenters. The van der Waals surface area contributed by atoms with Gasteiger partial charge in [-0.25, -0.2) is 4.39 Å². The van der Waals surface area contributed by atoms with Crippen molar-refractivity contribution in [3.8, 4) is 0 Å². The molecule has 26 heavy (non-hydrogen) atoms. The lowest BCUT2D eigenvalue weighted by molar-refractivity contribution is 0.341. The summed E-state index contributed by atoms with van der Waals surface area (Å²) in [5.74, 6) is -0.447. The fourth-order valence-electron chi connectivity index (χ4n) is 2.42. The minimum atomic E-state index is -3.75. The average Bonchev–Trinajstić information content (AvgIpc) is 2.61. The van der Waals surface area contributed by atoms with Crippen molar-refractivity contribution in [3.05, 3.63) is 64.1 Å². The molecule has 0 aliphatic carbocycles. The third-order valence-corrected chi connectivity index (χ3v) is 6.35. The molecule has 0 aliphatic rings. The Morgan fingerprint density at radius 1 is 1.19 bits per heavy atom. The molecule has 0 aliphatic heterocycles. The molecule has 0 radical (unpaired) electrons. The Bertz CT molecular complexity index is 818. The van der Waals surface area contributed by atoms with Crippen LogP contribution >= 0.6 is 15.9 Å². The Hall–Kier alpha value is -1.35. The highest BCUT2D eigenvalue weighted by Crippen LogP contribution is 2.21. The molecule has 1 aromatic carbocycles. The summed E-state index contributed by atoms with van der Waals surface area (Å²) in [5.41, 5.74) is 0.925. The van der Waals surface area contributed by atoms with Gasteiger partial charge in [-0.3, -0.25) is 4.98 Å². The number of pyridine rings is 1. The molecule has 0 bridgehead atoms. The summed E-state index contributed by atoms with van der Waals surface area (Å²) < 4.78 is 43.5. The van der Waals surface area contributed by atoms with E-state index < -0.39 is 16.0 Å². The molecule has 8 heteroatoms. The molecule has 1 heterocycles. The van der Waals surface area contributed by atoms with Crippen molar-refractivity contribution >= 4 is 26.1 Å². The summed E-state index contributed by atoms with van der Waals surface area (Å²) >= 11 is 3.22. The molecule has 1 aromatic heterocycles. The lowest BCUT2D eigenvalue weighted by Gasteiger charge is -2.27. The smallest absolute Gasteiger partial charge is 0.260 e. The number of nitrogens with zero attached hydrogens (tertiary/aromatic N) is 3. The van der Waals surface area contributed by atoms with Crippen LogP contribution in [0.15, 0.2) is 47.1 Å². The summed E-state index contributed by atoms with van der Waals surface area (Å²) in [6, 6.07) is 9.95. The molecule has 2 rings (SSSR count). The van der Waals surface area contributed by atoms with Crippen LogP contribution in [0.2, 0.25) is 0 Å². The van der Waals surface area contributed by atoms with E-state index in [-0.39, 0.29) is 13.1 Å². The van der Waals surface area contributed by atoms with Crippen LogP contribution in [-0.4, -0.2) is 35.6 Å². The van der Waals surface area contributed by atoms with Crippen molar-refractivity contribution in [1.82, 2.24) is 13.6 Å². The van der Waals surface area contributed by atoms with Gasteiger partial charge in [0.25, 0.3) is 10.2 Å². The van der Waals surface area contributed by atoms with E-state index in [2.05, 4.69) is 20.9 Å². The van der Waals surface area contributed by atoms with Gasteiger partial charge in [-0.15, -0.1) is 0 Å². The molecule has 2 aromatic rings. The van der Waals surface area contributed by atoms with Gasteiger partial charge in [0.1, 0.15) is 5.82 Å². The van der Waals surface area contributed by atoms with Gasteiger partial charge in [0.05, 0.1) is 12.2 Å². The molecular formula is C18H23BrFN3O2S. The van der Waals surface area contributed by atoms with Crippen molar-refractivity contribution in [2.45, 2.75) is 32.9 Å². The van der Waals surface area contributed by atoms with Crippen molar-refractivity contribution in [3.63, 3.8) is 0 Å². The van der Waals surface area contributed by atoms with E-state index >= 15 is 0 Å². The van der Waals surface area contributed by atoms with E-state index in [1.54, 1.807) is 43.6 Å². The first-order valence-electron chi connectivity index (χ1n) is 8.40. The van der Waals surface area contributed by atoms with E-state index in [1.807, 2.05) is 6.92 Å². The quantitative estimate of drug-likeness (QED) is 0.589. The van der Waals surface area contributed by atoms with Crippen molar-refractivity contribution in [1.29, 1.82) is 0 Å². The van der Waals surface area contributed by atoms with Crippen LogP contribution in [0.3, 0.4) is 0 Å². The average molecular weight is 444 g/mol. The van der Waals surface area contributed by atoms with E-state index in [0.29, 0.717) is 22.3 Å². The van der Waals surface area contributed by atoms with Gasteiger partial charge >= 0.3 is 0 Å². The molecule has 0 spiro atoms. The molecule has 0 saturated carbocycles. The maximum atomic E-state index is 14.3. The van der Waals surface area contributed by atoms with Gasteiger partial charge in [0, 0.05) is 36.4 Å². The largest absolute Gasteiger partial charge is 0.282 e. The number of halogens is 2. The Morgan fingerprint density at radius 2 is 1.96 bits per heavy atom. The van der Waals surface area contributed by atoms with Crippen LogP contribution in [0.4, 0.5) is 4.39 Å². The van der Waals surface area contributed by atoms with Crippen LogP contribution in [0.25, 0.3) is 0 Å². The lowest BCUT2D eigenvalue weighted by Crippen LogP contribution is -2.41. The van der Waals surface area contributed by atoms with Crippen LogP contribution in [0.5, 0.6) is 0 Å². The van der Waals surface area contributed by atoms with Crippen molar-refractivity contribution < 1.29 is 12.8 Å². The van der Waals surface area contributed by atoms with E-state index in [4.69, 9.17) is 0 Å². The van der Waals surface area contributed by atoms with Gasteiger partial charge in [-0.2, -0.15) is 17.0 Å². The van der Waals surface area contributed by atoms with Gasteiger partial charge in [0.2, 0.25) is 0 Å². The molecule has 0 saturated heterocycles. The van der Waals surface area contributed by atoms with Gasteiger partial charge in [-0.1, -0.05) is 41.4 Å². The minimum absolute atomic E-state index is 0.0610. The highest BCUT2D eigenvalue weighted by atomic mass is 79.9. The van der Waals surface area contributed by atoms with Gasteiger partial charge < -0.3 is 0 Å². The molecule has 0 fully saturated rings. The summed E-state index contributed by atoms with van der Waals surface area (Å²) in [6.07, 6.45) is 3.27. The molecule has 5 nitrogen and oxygen atoms in total. The molecule has 142 valence electrons. The fourth-order valence-corrected chi connectivity index (χ4v) is 4.11. The molecule has 0 amide bonds. The second kappa shape index (κ2) is 9.55. The number of benzene rings is 1. The predicted molar refractivity (Wildman–Crippen MR) is 104 cm³/mol. The Balaban J connectivity index is 2.31. The first-order chi connectivity index (χ1) is 12.3. The van der Waals surface area contributed by atoms with Crippen LogP contribution in [-0.2, 0) is 23.3 Å². The Morgan fingerprint density at radius 3 is 2.58 bits per heavy atom. The third kappa shape index (κ3) is 5.57. The monoisotopic (exact) mass is 443 g/mol. The highest BCUT2D eigenvalue weighted by molar-refractivity contribution is 9.10. The topological polar surface area (TPSA) is 53.5 Å². The maximum absolute atomic E-state index is 14.3. The van der Waals surface area contributed by atoms with E-state index in [9.17, 15) is 12.8 Å². The molecule has 0 atom stereocenters. The van der Waals surface area contributed by atoms with Crippen LogP contribution in [0, 0.1) is 5.82 Å². The van der Waals surface area contributed by atoms with Crippen LogP contribution < -0.4 is 0 Å². The summed E-state index contributed by atoms with van der Waals surface area (Å²) in [6.45, 7) is 2.44. The number of hydrogen-bond acceptors (Lipinski definition) is 3. The Labute approximate surface area is 163 Å². The number of rotatable bonds is 9. The number of aromatic nitrogens is 1. The standard InChI is InChI=1S/C18H23BrFN3O2S/c1-3-4-11-22(2)26(24,25)23(14-17-7-5-6-10-21-17)13-15-8-9-16(19)12-18(15)20/h5-10,12H,3-4,11,13-14H2,1-2H3. The first kappa shape index (κ1) is 21.0. The Kier molecular flexibility index (Phi) is 7.69. The SMILES string of the molecule is CCCCN(C)S(=O)(=O)N(Cc1ccccn1)Cc1ccc(Br)cc1F. The van der Waals surface area contributed by atoms with E-state index in [0.717, 1.165) is 12.8 Å². The molecule has 0 N–H and O–H groups in total. The van der Waals surface area contributed by atoms with Gasteiger partial charge in [-0.05, 0) is 30.7 Å². The normalized spacial score (nSPS) is 12.1. The zero-order chi connectivity index (χ0) is 19.2. The predicted octanol–water partition coefficient (Wildman–Crippen LogP) is 3.96. The van der Waals surface area contributed by atoms with Crippen molar-refractivity contribution in [2.75, 3.05) is 13.6 Å². The third-order valence-electron chi connectivity index (χ3n) is 3.97. The van der Waals surface area contributed by atoms with Crippen LogP contribution in [0.1, 0.15) is 31.0 Å². The number of unbranched alkanes of at least 4 members (excludes halogenated alkanes) is 1. The summed E-state index contributed by atoms with van der Waals surface area (Å²) in [7, 11) is -2.20. The second-order valence-corrected chi connectivity index (χ2v) is 8.96. The first-order valence-corrected chi connectivity index (χ1v) is 10.6. The minimum Gasteiger partial charge on any atom is -0.260 e. The van der Waals surface area contributed by atoms with E-state index in [1.165, 1.54) is 14.7 Å². The fraction of sp³-hybridized carbons (Fsp3) is 0.389. The maximum Gasteiger partial charge on any atom is 0.282 e.